The Morgan fingerprint density at radius 3 is 2.46 bits per heavy atom. The number of nitrogens with one attached hydrogen (secondary N) is 1. The van der Waals surface area contributed by atoms with Crippen molar-refractivity contribution in [3.8, 4) is 0 Å². The van der Waals surface area contributed by atoms with E-state index in [2.05, 4.69) is 5.32 Å². The van der Waals surface area contributed by atoms with Crippen molar-refractivity contribution >= 4 is 30.0 Å². The molecule has 0 radical (unpaired) electrons. The molecule has 1 saturated carbocycles. The van der Waals surface area contributed by atoms with Gasteiger partial charge in [0.15, 0.2) is 0 Å². The van der Waals surface area contributed by atoms with Gasteiger partial charge in [0.1, 0.15) is 5.54 Å². The van der Waals surface area contributed by atoms with Crippen LogP contribution in [0.5, 0.6) is 0 Å². The Labute approximate surface area is 143 Å². The van der Waals surface area contributed by atoms with Crippen molar-refractivity contribution in [3.63, 3.8) is 0 Å². The number of alkyl halides is 3. The number of carbonyl (C=O) groups is 2. The van der Waals surface area contributed by atoms with Crippen LogP contribution in [-0.2, 0) is 26.9 Å². The molecule has 1 aromatic rings. The van der Waals surface area contributed by atoms with E-state index in [9.17, 15) is 22.8 Å². The van der Waals surface area contributed by atoms with Crippen molar-refractivity contribution in [2.24, 2.45) is 0 Å². The van der Waals surface area contributed by atoms with Gasteiger partial charge in [-0.2, -0.15) is 13.2 Å². The largest absolute Gasteiger partial charge is 0.464 e. The van der Waals surface area contributed by atoms with Gasteiger partial charge in [0.25, 0.3) is 0 Å². The molecule has 0 bridgehead atoms. The molecule has 0 spiro atoms. The van der Waals surface area contributed by atoms with Crippen molar-refractivity contribution in [1.29, 1.82) is 0 Å². The number of para-hydroxylation sites is 1. The zero-order chi connectivity index (χ0) is 17.3. The highest BCUT2D eigenvalue weighted by Crippen LogP contribution is 2.37. The van der Waals surface area contributed by atoms with Crippen LogP contribution < -0.4 is 11.1 Å². The van der Waals surface area contributed by atoms with E-state index in [0.717, 1.165) is 6.07 Å². The fourth-order valence-electron chi connectivity index (χ4n) is 2.27. The number of amides is 1. The lowest BCUT2D eigenvalue weighted by Gasteiger charge is -2.17. The van der Waals surface area contributed by atoms with Gasteiger partial charge in [0.05, 0.1) is 18.6 Å². The first-order valence-corrected chi connectivity index (χ1v) is 7.12. The van der Waals surface area contributed by atoms with E-state index < -0.39 is 34.8 Å². The maximum atomic E-state index is 12.8. The first-order valence-electron chi connectivity index (χ1n) is 7.12. The second-order valence-corrected chi connectivity index (χ2v) is 5.40. The molecule has 9 heteroatoms. The number of esters is 1. The molecule has 1 amide bonds. The van der Waals surface area contributed by atoms with Crippen LogP contribution >= 0.6 is 12.4 Å². The van der Waals surface area contributed by atoms with Crippen LogP contribution in [0.25, 0.3) is 0 Å². The minimum atomic E-state index is -4.58. The summed E-state index contributed by atoms with van der Waals surface area (Å²) in [5.41, 5.74) is 3.09. The number of anilines is 1. The Bertz CT molecular complexity index is 631. The highest BCUT2D eigenvalue weighted by atomic mass is 35.5. The molecule has 0 atom stereocenters. The summed E-state index contributed by atoms with van der Waals surface area (Å²) in [4.78, 5) is 23.8. The Kier molecular flexibility index (Phi) is 6.10. The Morgan fingerprint density at radius 2 is 1.96 bits per heavy atom. The summed E-state index contributed by atoms with van der Waals surface area (Å²) in [5.74, 6) is -1.09. The minimum Gasteiger partial charge on any atom is -0.464 e. The fraction of sp³-hybridized carbons (Fsp3) is 0.467. The molecular formula is C15H18ClF3N2O3. The van der Waals surface area contributed by atoms with Crippen molar-refractivity contribution in [3.05, 3.63) is 29.3 Å². The number of hydrogen-bond acceptors (Lipinski definition) is 4. The van der Waals surface area contributed by atoms with Crippen LogP contribution in [0.3, 0.4) is 0 Å². The fourth-order valence-corrected chi connectivity index (χ4v) is 2.27. The number of nitrogen functional groups attached to an aromatic ring is 1. The smallest absolute Gasteiger partial charge is 0.418 e. The summed E-state index contributed by atoms with van der Waals surface area (Å²) in [5, 5.41) is 2.54. The molecule has 3 N–H and O–H groups in total. The lowest BCUT2D eigenvalue weighted by Crippen LogP contribution is -2.44. The summed E-state index contributed by atoms with van der Waals surface area (Å²) in [6, 6.07) is 3.41. The molecule has 1 fully saturated rings. The maximum Gasteiger partial charge on any atom is 0.418 e. The average molecular weight is 367 g/mol. The molecule has 0 aromatic heterocycles. The molecule has 24 heavy (non-hydrogen) atoms. The first-order chi connectivity index (χ1) is 10.7. The van der Waals surface area contributed by atoms with Crippen LogP contribution in [0.4, 0.5) is 18.9 Å². The lowest BCUT2D eigenvalue weighted by molar-refractivity contribution is -0.148. The Balaban J connectivity index is 0.00000288. The van der Waals surface area contributed by atoms with Gasteiger partial charge in [0.2, 0.25) is 5.91 Å². The van der Waals surface area contributed by atoms with E-state index in [1.54, 1.807) is 6.92 Å². The average Bonchev–Trinajstić information content (AvgIpc) is 3.21. The lowest BCUT2D eigenvalue weighted by atomic mass is 10.0. The predicted octanol–water partition coefficient (Wildman–Crippen LogP) is 2.46. The number of benzene rings is 1. The third kappa shape index (κ3) is 4.31. The summed E-state index contributed by atoms with van der Waals surface area (Å²) < 4.78 is 43.3. The van der Waals surface area contributed by atoms with Crippen LogP contribution in [0, 0.1) is 0 Å². The van der Waals surface area contributed by atoms with Gasteiger partial charge in [-0.25, -0.2) is 4.79 Å². The van der Waals surface area contributed by atoms with Gasteiger partial charge >= 0.3 is 12.1 Å². The van der Waals surface area contributed by atoms with Crippen molar-refractivity contribution in [2.45, 2.75) is 37.9 Å². The van der Waals surface area contributed by atoms with Crippen molar-refractivity contribution in [2.75, 3.05) is 12.3 Å². The highest BCUT2D eigenvalue weighted by molar-refractivity contribution is 5.91. The third-order valence-corrected chi connectivity index (χ3v) is 3.65. The standard InChI is InChI=1S/C15H17F3N2O3.ClH/c1-2-23-13(22)14(6-7-14)20-11(21)8-9-4-3-5-10(12(9)19)15(16,17)18;/h3-5H,2,6-8,19H2,1H3,(H,20,21);1H. The van der Waals surface area contributed by atoms with E-state index in [4.69, 9.17) is 10.5 Å². The van der Waals surface area contributed by atoms with E-state index in [-0.39, 0.29) is 31.0 Å². The molecule has 1 aliphatic carbocycles. The van der Waals surface area contributed by atoms with Gasteiger partial charge in [-0.15, -0.1) is 12.4 Å². The quantitative estimate of drug-likeness (QED) is 0.619. The van der Waals surface area contributed by atoms with Crippen LogP contribution in [0.2, 0.25) is 0 Å². The van der Waals surface area contributed by atoms with Gasteiger partial charge < -0.3 is 15.8 Å². The van der Waals surface area contributed by atoms with Crippen LogP contribution in [0.15, 0.2) is 18.2 Å². The molecular weight excluding hydrogens is 349 g/mol. The molecule has 2 rings (SSSR count). The second kappa shape index (κ2) is 7.29. The summed E-state index contributed by atoms with van der Waals surface area (Å²) in [7, 11) is 0. The van der Waals surface area contributed by atoms with Gasteiger partial charge in [0, 0.05) is 5.69 Å². The maximum absolute atomic E-state index is 12.8. The van der Waals surface area contributed by atoms with Gasteiger partial charge in [-0.05, 0) is 31.4 Å². The topological polar surface area (TPSA) is 81.4 Å². The SMILES string of the molecule is CCOC(=O)C1(NC(=O)Cc2cccc(C(F)(F)F)c2N)CC1.Cl. The molecule has 134 valence electrons. The molecule has 1 aliphatic rings. The summed E-state index contributed by atoms with van der Waals surface area (Å²) in [6.07, 6.45) is -4.01. The molecule has 0 saturated heterocycles. The summed E-state index contributed by atoms with van der Waals surface area (Å²) >= 11 is 0. The molecule has 1 aromatic carbocycles. The first kappa shape index (κ1) is 20.1. The Hall–Kier alpha value is -1.96. The minimum absolute atomic E-state index is 0. The van der Waals surface area contributed by atoms with Crippen LogP contribution in [0.1, 0.15) is 30.9 Å². The molecule has 0 heterocycles. The van der Waals surface area contributed by atoms with Crippen LogP contribution in [-0.4, -0.2) is 24.0 Å². The number of hydrogen-bond donors (Lipinski definition) is 2. The van der Waals surface area contributed by atoms with E-state index >= 15 is 0 Å². The zero-order valence-electron chi connectivity index (χ0n) is 12.9. The highest BCUT2D eigenvalue weighted by Gasteiger charge is 2.52. The van der Waals surface area contributed by atoms with E-state index in [1.807, 2.05) is 0 Å². The molecule has 5 nitrogen and oxygen atoms in total. The second-order valence-electron chi connectivity index (χ2n) is 5.40. The predicted molar refractivity (Wildman–Crippen MR) is 83.5 cm³/mol. The number of nitrogens with two attached hydrogens (primary N) is 1. The normalized spacial score (nSPS) is 15.2. The number of ether oxygens (including phenoxy) is 1. The van der Waals surface area contributed by atoms with Crippen molar-refractivity contribution in [1.82, 2.24) is 5.32 Å². The van der Waals surface area contributed by atoms with E-state index in [0.29, 0.717) is 12.8 Å². The summed E-state index contributed by atoms with van der Waals surface area (Å²) in [6.45, 7) is 1.84. The Morgan fingerprint density at radius 1 is 1.33 bits per heavy atom. The van der Waals surface area contributed by atoms with Crippen molar-refractivity contribution < 1.29 is 27.5 Å². The number of rotatable bonds is 5. The third-order valence-electron chi connectivity index (χ3n) is 3.65. The van der Waals surface area contributed by atoms with Gasteiger partial charge in [-0.3, -0.25) is 4.79 Å². The molecule has 0 unspecified atom stereocenters. The zero-order valence-corrected chi connectivity index (χ0v) is 13.7. The number of carbonyl (C=O) groups excluding carboxylic acids is 2. The molecule has 0 aliphatic heterocycles. The number of halogens is 4. The van der Waals surface area contributed by atoms with Gasteiger partial charge in [-0.1, -0.05) is 12.1 Å². The van der Waals surface area contributed by atoms with E-state index in [1.165, 1.54) is 12.1 Å². The monoisotopic (exact) mass is 366 g/mol.